The fourth-order valence-electron chi connectivity index (χ4n) is 6.20. The van der Waals surface area contributed by atoms with Crippen molar-refractivity contribution in [3.8, 4) is 0 Å². The van der Waals surface area contributed by atoms with Crippen molar-refractivity contribution in [2.75, 3.05) is 0 Å². The van der Waals surface area contributed by atoms with Gasteiger partial charge in [0.15, 0.2) is 0 Å². The zero-order valence-electron chi connectivity index (χ0n) is 13.1. The van der Waals surface area contributed by atoms with Crippen LogP contribution in [0.1, 0.15) is 47.8 Å². The van der Waals surface area contributed by atoms with Crippen molar-refractivity contribution in [2.45, 2.75) is 36.5 Å². The molecule has 2 aromatic carbocycles. The van der Waals surface area contributed by atoms with E-state index in [9.17, 15) is 4.79 Å². The summed E-state index contributed by atoms with van der Waals surface area (Å²) in [6.45, 7) is 0. The molecule has 1 nitrogen and oxygen atoms in total. The van der Waals surface area contributed by atoms with E-state index in [0.717, 1.165) is 12.8 Å². The molecule has 0 heterocycles. The average Bonchev–Trinajstić information content (AvgIpc) is 3.52. The number of hydrogen-bond acceptors (Lipinski definition) is 1. The van der Waals surface area contributed by atoms with Crippen molar-refractivity contribution in [3.63, 3.8) is 0 Å². The highest BCUT2D eigenvalue weighted by Gasteiger charge is 2.80. The van der Waals surface area contributed by atoms with Crippen LogP contribution in [0.5, 0.6) is 0 Å². The highest BCUT2D eigenvalue weighted by atomic mass is 16.1. The molecule has 0 saturated heterocycles. The summed E-state index contributed by atoms with van der Waals surface area (Å²) in [6.07, 6.45) is 3.48. The predicted octanol–water partition coefficient (Wildman–Crippen LogP) is 4.43. The predicted molar refractivity (Wildman–Crippen MR) is 89.4 cm³/mol. The van der Waals surface area contributed by atoms with Crippen molar-refractivity contribution in [3.05, 3.63) is 71.3 Å². The third-order valence-corrected chi connectivity index (χ3v) is 7.11. The Kier molecular flexibility index (Phi) is 2.15. The molecule has 0 aliphatic heterocycles. The van der Waals surface area contributed by atoms with Crippen LogP contribution in [0.15, 0.2) is 54.6 Å². The Labute approximate surface area is 136 Å². The van der Waals surface area contributed by atoms with Gasteiger partial charge in [-0.1, -0.05) is 54.6 Å². The third-order valence-electron chi connectivity index (χ3n) is 7.11. The van der Waals surface area contributed by atoms with E-state index in [-0.39, 0.29) is 5.41 Å². The van der Waals surface area contributed by atoms with Crippen LogP contribution in [0.4, 0.5) is 0 Å². The van der Waals surface area contributed by atoms with Gasteiger partial charge in [0.05, 0.1) is 5.41 Å². The second-order valence-electron chi connectivity index (χ2n) is 8.01. The van der Waals surface area contributed by atoms with Gasteiger partial charge in [0.2, 0.25) is 0 Å². The summed E-state index contributed by atoms with van der Waals surface area (Å²) in [4.78, 5) is 13.3. The third kappa shape index (κ3) is 1.34. The minimum absolute atomic E-state index is 0.118. The van der Waals surface area contributed by atoms with Gasteiger partial charge in [0.1, 0.15) is 5.78 Å². The Balaban J connectivity index is 1.57. The Morgan fingerprint density at radius 3 is 2.48 bits per heavy atom. The van der Waals surface area contributed by atoms with Crippen LogP contribution in [0, 0.1) is 17.8 Å². The molecule has 5 atom stereocenters. The highest BCUT2D eigenvalue weighted by molar-refractivity contribution is 5.99. The topological polar surface area (TPSA) is 17.1 Å². The number of carbonyl (C=O) groups excluding carboxylic acids is 1. The zero-order valence-corrected chi connectivity index (χ0v) is 13.1. The summed E-state index contributed by atoms with van der Waals surface area (Å²) in [6, 6.07) is 19.8. The van der Waals surface area contributed by atoms with Gasteiger partial charge in [-0.3, -0.25) is 4.79 Å². The number of benzene rings is 2. The van der Waals surface area contributed by atoms with E-state index in [4.69, 9.17) is 0 Å². The first-order valence-corrected chi connectivity index (χ1v) is 9.02. The van der Waals surface area contributed by atoms with Gasteiger partial charge in [-0.25, -0.2) is 0 Å². The molecule has 0 amide bonds. The van der Waals surface area contributed by atoms with E-state index >= 15 is 0 Å². The molecule has 0 spiro atoms. The second kappa shape index (κ2) is 3.95. The number of carbonyl (C=O) groups is 1. The van der Waals surface area contributed by atoms with Crippen molar-refractivity contribution < 1.29 is 4.79 Å². The molecule has 1 heteroatoms. The highest BCUT2D eigenvalue weighted by Crippen LogP contribution is 2.81. The second-order valence-corrected chi connectivity index (χ2v) is 8.01. The van der Waals surface area contributed by atoms with Crippen LogP contribution in [-0.4, -0.2) is 5.78 Å². The molecular formula is C22H20O. The quantitative estimate of drug-likeness (QED) is 0.819. The molecule has 0 radical (unpaired) electrons. The molecule has 3 saturated carbocycles. The van der Waals surface area contributed by atoms with Crippen LogP contribution >= 0.6 is 0 Å². The molecule has 2 unspecified atom stereocenters. The molecule has 0 aromatic heterocycles. The molecule has 23 heavy (non-hydrogen) atoms. The summed E-state index contributed by atoms with van der Waals surface area (Å²) in [5.41, 5.74) is 4.20. The maximum Gasteiger partial charge on any atom is 0.147 e. The van der Waals surface area contributed by atoms with Crippen LogP contribution in [-0.2, 0) is 10.2 Å². The van der Waals surface area contributed by atoms with Gasteiger partial charge in [0, 0.05) is 5.92 Å². The largest absolute Gasteiger partial charge is 0.298 e. The minimum atomic E-state index is -0.118. The fraction of sp³-hybridized carbons (Fsp3) is 0.409. The Bertz CT molecular complexity index is 819. The summed E-state index contributed by atoms with van der Waals surface area (Å²) in [7, 11) is 0. The van der Waals surface area contributed by atoms with E-state index in [1.807, 2.05) is 0 Å². The lowest BCUT2D eigenvalue weighted by Crippen LogP contribution is -2.37. The molecule has 0 N–H and O–H groups in total. The normalized spacial score (nSPS) is 39.0. The molecule has 3 fully saturated rings. The lowest BCUT2D eigenvalue weighted by molar-refractivity contribution is -0.124. The van der Waals surface area contributed by atoms with Gasteiger partial charge in [-0.05, 0) is 59.6 Å². The maximum absolute atomic E-state index is 13.3. The molecular weight excluding hydrogens is 280 g/mol. The standard InChI is InChI=1S/C22H20O/c23-21(14-10-11-14)22-17-9-5-4-8-15(17)16-12-18(22)20(22)19(16)13-6-2-1-3-7-13/h1-9,14,16,18-20H,10-12H2/t16-,18-,19+,20?,22?/m1/s1. The average molecular weight is 300 g/mol. The Morgan fingerprint density at radius 2 is 1.70 bits per heavy atom. The van der Waals surface area contributed by atoms with E-state index in [1.54, 1.807) is 0 Å². The van der Waals surface area contributed by atoms with Crippen LogP contribution < -0.4 is 0 Å². The Morgan fingerprint density at radius 1 is 0.957 bits per heavy atom. The maximum atomic E-state index is 13.3. The van der Waals surface area contributed by atoms with Gasteiger partial charge in [-0.15, -0.1) is 0 Å². The number of rotatable bonds is 3. The van der Waals surface area contributed by atoms with E-state index < -0.39 is 0 Å². The van der Waals surface area contributed by atoms with Crippen molar-refractivity contribution in [1.29, 1.82) is 0 Å². The monoisotopic (exact) mass is 300 g/mol. The lowest BCUT2D eigenvalue weighted by atomic mass is 9.63. The number of fused-ring (bicyclic) bond motifs is 5. The van der Waals surface area contributed by atoms with Crippen LogP contribution in [0.2, 0.25) is 0 Å². The van der Waals surface area contributed by atoms with Crippen molar-refractivity contribution in [2.24, 2.45) is 17.8 Å². The Hall–Kier alpha value is -1.89. The SMILES string of the molecule is O=C(C1CC1)C12c3ccccc3[C@H]3C[C@@H]1C2[C@H]3c1ccccc1. The van der Waals surface area contributed by atoms with Crippen LogP contribution in [0.3, 0.4) is 0 Å². The fourth-order valence-corrected chi connectivity index (χ4v) is 6.20. The van der Waals surface area contributed by atoms with Crippen molar-refractivity contribution in [1.82, 2.24) is 0 Å². The summed E-state index contributed by atoms with van der Waals surface area (Å²) < 4.78 is 0. The first kappa shape index (κ1) is 12.5. The van der Waals surface area contributed by atoms with E-state index in [1.165, 1.54) is 23.1 Å². The summed E-state index contributed by atoms with van der Waals surface area (Å²) in [5, 5.41) is 0. The minimum Gasteiger partial charge on any atom is -0.298 e. The first-order chi connectivity index (χ1) is 11.3. The molecule has 6 rings (SSSR count). The molecule has 114 valence electrons. The number of ketones is 1. The molecule has 4 aliphatic rings. The summed E-state index contributed by atoms with van der Waals surface area (Å²) >= 11 is 0. The smallest absolute Gasteiger partial charge is 0.147 e. The molecule has 2 bridgehead atoms. The molecule has 2 aromatic rings. The van der Waals surface area contributed by atoms with Gasteiger partial charge in [0.25, 0.3) is 0 Å². The van der Waals surface area contributed by atoms with E-state index in [2.05, 4.69) is 54.6 Å². The number of Topliss-reactive ketones (excluding diaryl/α,β-unsaturated/α-hetero) is 1. The van der Waals surface area contributed by atoms with Gasteiger partial charge >= 0.3 is 0 Å². The van der Waals surface area contributed by atoms with E-state index in [0.29, 0.717) is 35.4 Å². The number of hydrogen-bond donors (Lipinski definition) is 0. The zero-order chi connectivity index (χ0) is 15.2. The van der Waals surface area contributed by atoms with Gasteiger partial charge in [-0.2, -0.15) is 0 Å². The molecule has 4 aliphatic carbocycles. The summed E-state index contributed by atoms with van der Waals surface area (Å²) in [5.74, 6) is 3.30. The van der Waals surface area contributed by atoms with Crippen LogP contribution in [0.25, 0.3) is 0 Å². The first-order valence-electron chi connectivity index (χ1n) is 9.02. The lowest BCUT2D eigenvalue weighted by Gasteiger charge is -2.39. The van der Waals surface area contributed by atoms with Gasteiger partial charge < -0.3 is 0 Å². The van der Waals surface area contributed by atoms with Crippen molar-refractivity contribution >= 4 is 5.78 Å².